The van der Waals surface area contributed by atoms with Crippen LogP contribution in [0, 0.1) is 5.92 Å². The maximum absolute atomic E-state index is 13.5. The van der Waals surface area contributed by atoms with Crippen molar-refractivity contribution in [3.63, 3.8) is 0 Å². The lowest BCUT2D eigenvalue weighted by Crippen LogP contribution is -2.53. The Labute approximate surface area is 231 Å². The quantitative estimate of drug-likeness (QED) is 0.371. The van der Waals surface area contributed by atoms with Crippen molar-refractivity contribution in [1.29, 1.82) is 0 Å². The van der Waals surface area contributed by atoms with Crippen LogP contribution in [0.15, 0.2) is 66.9 Å². The number of halogens is 2. The van der Waals surface area contributed by atoms with Crippen LogP contribution in [0.3, 0.4) is 0 Å². The molecule has 4 rings (SSSR count). The number of aliphatic carboxylic acids is 1. The largest absolute Gasteiger partial charge is 0.481 e. The molecule has 1 unspecified atom stereocenters. The van der Waals surface area contributed by atoms with Gasteiger partial charge in [-0.25, -0.2) is 4.79 Å². The van der Waals surface area contributed by atoms with E-state index in [2.05, 4.69) is 10.3 Å². The van der Waals surface area contributed by atoms with E-state index < -0.39 is 5.97 Å². The molecule has 198 valence electrons. The molecule has 38 heavy (non-hydrogen) atoms. The van der Waals surface area contributed by atoms with Gasteiger partial charge in [-0.15, -0.1) is 0 Å². The van der Waals surface area contributed by atoms with Crippen LogP contribution in [-0.2, 0) is 24.3 Å². The molecule has 1 aliphatic heterocycles. The first-order chi connectivity index (χ1) is 18.3. The topological polar surface area (TPSA) is 103 Å². The molecule has 2 N–H and O–H groups in total. The molecule has 2 heterocycles. The second-order valence-electron chi connectivity index (χ2n) is 9.23. The first kappa shape index (κ1) is 27.4. The number of carboxylic acid groups (broad SMARTS) is 1. The van der Waals surface area contributed by atoms with E-state index >= 15 is 0 Å². The molecular formula is C28H28Cl2N4O4. The minimum Gasteiger partial charge on any atom is -0.481 e. The summed E-state index contributed by atoms with van der Waals surface area (Å²) in [5.41, 5.74) is 2.74. The van der Waals surface area contributed by atoms with Crippen LogP contribution in [0.25, 0.3) is 0 Å². The van der Waals surface area contributed by atoms with Gasteiger partial charge in [0, 0.05) is 72.6 Å². The van der Waals surface area contributed by atoms with Crippen LogP contribution >= 0.6 is 23.2 Å². The molecule has 1 saturated heterocycles. The van der Waals surface area contributed by atoms with Crippen LogP contribution < -0.4 is 5.32 Å². The van der Waals surface area contributed by atoms with Crippen LogP contribution in [0.4, 0.5) is 4.79 Å². The molecule has 1 aliphatic rings. The van der Waals surface area contributed by atoms with Crippen molar-refractivity contribution >= 4 is 41.1 Å². The van der Waals surface area contributed by atoms with E-state index in [1.807, 2.05) is 30.3 Å². The monoisotopic (exact) mass is 554 g/mol. The molecular weight excluding hydrogens is 527 g/mol. The SMILES string of the molecule is O=C(O)CC1CN(Cc2ccc(Cl)cc2Cl)C(=O)N(Cc2ccccc2C(=O)NCCc2ccccn2)C1. The molecule has 0 radical (unpaired) electrons. The van der Waals surface area contributed by atoms with Crippen molar-refractivity contribution in [3.05, 3.63) is 99.3 Å². The highest BCUT2D eigenvalue weighted by atomic mass is 35.5. The Morgan fingerprint density at radius 2 is 1.68 bits per heavy atom. The lowest BCUT2D eigenvalue weighted by Gasteiger charge is -2.40. The number of benzene rings is 2. The van der Waals surface area contributed by atoms with Crippen molar-refractivity contribution < 1.29 is 19.5 Å². The third-order valence-electron chi connectivity index (χ3n) is 6.35. The Morgan fingerprint density at radius 1 is 0.974 bits per heavy atom. The van der Waals surface area contributed by atoms with Crippen molar-refractivity contribution in [1.82, 2.24) is 20.1 Å². The van der Waals surface area contributed by atoms with Gasteiger partial charge in [-0.3, -0.25) is 14.6 Å². The fourth-order valence-electron chi connectivity index (χ4n) is 4.56. The molecule has 3 aromatic rings. The summed E-state index contributed by atoms with van der Waals surface area (Å²) in [5.74, 6) is -1.45. The Kier molecular flexibility index (Phi) is 9.20. The first-order valence-electron chi connectivity index (χ1n) is 12.3. The number of hydrogen-bond donors (Lipinski definition) is 2. The van der Waals surface area contributed by atoms with E-state index in [9.17, 15) is 19.5 Å². The molecule has 1 atom stereocenters. The molecule has 0 saturated carbocycles. The van der Waals surface area contributed by atoms with E-state index in [0.29, 0.717) is 39.7 Å². The van der Waals surface area contributed by atoms with Crippen LogP contribution in [0.1, 0.15) is 33.6 Å². The normalized spacial score (nSPS) is 15.4. The molecule has 0 spiro atoms. The number of carbonyl (C=O) groups excluding carboxylic acids is 2. The van der Waals surface area contributed by atoms with Gasteiger partial charge in [0.1, 0.15) is 0 Å². The summed E-state index contributed by atoms with van der Waals surface area (Å²) >= 11 is 12.4. The average molecular weight is 555 g/mol. The van der Waals surface area contributed by atoms with Crippen molar-refractivity contribution in [2.45, 2.75) is 25.9 Å². The van der Waals surface area contributed by atoms with Crippen molar-refractivity contribution in [2.75, 3.05) is 19.6 Å². The van der Waals surface area contributed by atoms with Crippen LogP contribution in [0.5, 0.6) is 0 Å². The summed E-state index contributed by atoms with van der Waals surface area (Å²) in [6.07, 6.45) is 2.23. The fourth-order valence-corrected chi connectivity index (χ4v) is 5.03. The minimum absolute atomic E-state index is 0.0791. The standard InChI is InChI=1S/C28H28Cl2N4O4/c29-22-9-8-21(25(30)14-22)18-34-16-19(13-26(35)36)15-33(28(34)38)17-20-5-1-2-7-24(20)27(37)32-12-10-23-6-3-4-11-31-23/h1-9,11,14,19H,10,12-13,15-18H2,(H,32,37)(H,35,36). The van der Waals surface area contributed by atoms with Gasteiger partial charge in [-0.2, -0.15) is 0 Å². The van der Waals surface area contributed by atoms with E-state index in [-0.39, 0.29) is 50.5 Å². The van der Waals surface area contributed by atoms with Crippen molar-refractivity contribution in [2.24, 2.45) is 5.92 Å². The molecule has 0 aliphatic carbocycles. The van der Waals surface area contributed by atoms with Gasteiger partial charge in [0.25, 0.3) is 5.91 Å². The Morgan fingerprint density at radius 3 is 2.37 bits per heavy atom. The molecule has 2 aromatic carbocycles. The van der Waals surface area contributed by atoms with Gasteiger partial charge in [0.15, 0.2) is 0 Å². The zero-order valence-electron chi connectivity index (χ0n) is 20.6. The summed E-state index contributed by atoms with van der Waals surface area (Å²) in [6, 6.07) is 17.6. The van der Waals surface area contributed by atoms with Crippen molar-refractivity contribution in [3.8, 4) is 0 Å². The summed E-state index contributed by atoms with van der Waals surface area (Å²) in [4.78, 5) is 45.5. The van der Waals surface area contributed by atoms with Crippen LogP contribution in [-0.4, -0.2) is 57.4 Å². The van der Waals surface area contributed by atoms with Gasteiger partial charge in [0.2, 0.25) is 0 Å². The number of rotatable bonds is 10. The number of pyridine rings is 1. The zero-order valence-corrected chi connectivity index (χ0v) is 22.2. The fraction of sp³-hybridized carbons (Fsp3) is 0.286. The highest BCUT2D eigenvalue weighted by Crippen LogP contribution is 2.27. The molecule has 3 amide bonds. The predicted molar refractivity (Wildman–Crippen MR) is 145 cm³/mol. The predicted octanol–water partition coefficient (Wildman–Crippen LogP) is 4.89. The maximum Gasteiger partial charge on any atom is 0.320 e. The van der Waals surface area contributed by atoms with E-state index in [0.717, 1.165) is 5.69 Å². The van der Waals surface area contributed by atoms with E-state index in [4.69, 9.17) is 23.2 Å². The number of hydrogen-bond acceptors (Lipinski definition) is 4. The number of aromatic nitrogens is 1. The van der Waals surface area contributed by atoms with Gasteiger partial charge in [-0.05, 0) is 41.5 Å². The number of amides is 3. The van der Waals surface area contributed by atoms with Gasteiger partial charge >= 0.3 is 12.0 Å². The zero-order chi connectivity index (χ0) is 27.1. The molecule has 1 fully saturated rings. The lowest BCUT2D eigenvalue weighted by atomic mass is 9.99. The third-order valence-corrected chi connectivity index (χ3v) is 6.94. The van der Waals surface area contributed by atoms with Crippen LogP contribution in [0.2, 0.25) is 10.0 Å². The first-order valence-corrected chi connectivity index (χ1v) is 13.0. The lowest BCUT2D eigenvalue weighted by molar-refractivity contribution is -0.138. The summed E-state index contributed by atoms with van der Waals surface area (Å²) in [5, 5.41) is 13.3. The highest BCUT2D eigenvalue weighted by Gasteiger charge is 2.33. The Bertz CT molecular complexity index is 1310. The third kappa shape index (κ3) is 7.24. The molecule has 0 bridgehead atoms. The Balaban J connectivity index is 1.48. The minimum atomic E-state index is -0.929. The second-order valence-corrected chi connectivity index (χ2v) is 10.1. The Hall–Kier alpha value is -3.62. The maximum atomic E-state index is 13.5. The second kappa shape index (κ2) is 12.8. The number of nitrogens with one attached hydrogen (secondary N) is 1. The van der Waals surface area contributed by atoms with Gasteiger partial charge in [0.05, 0.1) is 6.42 Å². The summed E-state index contributed by atoms with van der Waals surface area (Å²) in [6.45, 7) is 1.37. The summed E-state index contributed by atoms with van der Waals surface area (Å²) in [7, 11) is 0. The molecule has 8 nitrogen and oxygen atoms in total. The van der Waals surface area contributed by atoms with Gasteiger partial charge in [-0.1, -0.05) is 53.5 Å². The summed E-state index contributed by atoms with van der Waals surface area (Å²) < 4.78 is 0. The number of nitrogens with zero attached hydrogens (tertiary/aromatic N) is 3. The number of carboxylic acids is 1. The van der Waals surface area contributed by atoms with E-state index in [1.165, 1.54) is 0 Å². The van der Waals surface area contributed by atoms with Gasteiger partial charge < -0.3 is 20.2 Å². The number of urea groups is 1. The number of carbonyl (C=O) groups is 3. The smallest absolute Gasteiger partial charge is 0.320 e. The molecule has 1 aromatic heterocycles. The average Bonchev–Trinajstić information content (AvgIpc) is 2.89. The van der Waals surface area contributed by atoms with E-state index in [1.54, 1.807) is 46.3 Å². The molecule has 10 heteroatoms. The highest BCUT2D eigenvalue weighted by molar-refractivity contribution is 6.35.